The van der Waals surface area contributed by atoms with Crippen LogP contribution in [-0.2, 0) is 23.4 Å². The zero-order chi connectivity index (χ0) is 25.9. The quantitative estimate of drug-likeness (QED) is 0.312. The molecule has 0 aliphatic carbocycles. The summed E-state index contributed by atoms with van der Waals surface area (Å²) in [6.07, 6.45) is -2.59. The number of carbonyl (C=O) groups is 1. The van der Waals surface area contributed by atoms with Crippen LogP contribution in [0.5, 0.6) is 0 Å². The lowest BCUT2D eigenvalue weighted by atomic mass is 9.98. The molecular weight excluding hydrogens is 492 g/mol. The van der Waals surface area contributed by atoms with Crippen molar-refractivity contribution < 1.29 is 28.2 Å². The van der Waals surface area contributed by atoms with Crippen LogP contribution in [0.2, 0.25) is 18.1 Å². The molecule has 2 fully saturated rings. The molecule has 0 bridgehead atoms. The first-order chi connectivity index (χ1) is 17.1. The highest BCUT2D eigenvalue weighted by Crippen LogP contribution is 2.44. The van der Waals surface area contributed by atoms with Crippen LogP contribution < -0.4 is 0 Å². The maximum Gasteiger partial charge on any atom is 0.338 e. The number of hydrogen-bond acceptors (Lipinski definition) is 7. The largest absolute Gasteiger partial charge is 0.453 e. The molecule has 4 rings (SSSR count). The highest BCUT2D eigenvalue weighted by molar-refractivity contribution is 7.99. The van der Waals surface area contributed by atoms with Gasteiger partial charge in [-0.25, -0.2) is 4.79 Å². The van der Waals surface area contributed by atoms with Crippen molar-refractivity contribution in [3.63, 3.8) is 0 Å². The predicted molar refractivity (Wildman–Crippen MR) is 145 cm³/mol. The van der Waals surface area contributed by atoms with Gasteiger partial charge in [-0.2, -0.15) is 0 Å². The number of carbonyl (C=O) groups excluding carboxylic acids is 1. The van der Waals surface area contributed by atoms with Crippen LogP contribution in [0.3, 0.4) is 0 Å². The minimum Gasteiger partial charge on any atom is -0.453 e. The second kappa shape index (κ2) is 11.4. The smallest absolute Gasteiger partial charge is 0.338 e. The topological polar surface area (TPSA) is 63.2 Å². The third-order valence-corrected chi connectivity index (χ3v) is 12.7. The van der Waals surface area contributed by atoms with E-state index < -0.39 is 38.9 Å². The Bertz CT molecular complexity index is 996. The molecular formula is C28H38O6SSi. The van der Waals surface area contributed by atoms with Gasteiger partial charge in [-0.1, -0.05) is 76.2 Å². The van der Waals surface area contributed by atoms with E-state index in [4.69, 9.17) is 23.4 Å². The molecule has 36 heavy (non-hydrogen) atoms. The highest BCUT2D eigenvalue weighted by atomic mass is 32.2. The normalized spacial score (nSPS) is 28.8. The predicted octanol–water partition coefficient (Wildman–Crippen LogP) is 6.19. The lowest BCUT2D eigenvalue weighted by Crippen LogP contribution is -2.65. The van der Waals surface area contributed by atoms with E-state index in [1.165, 1.54) is 0 Å². The van der Waals surface area contributed by atoms with Crippen molar-refractivity contribution in [3.05, 3.63) is 71.8 Å². The maximum absolute atomic E-state index is 13.3. The van der Waals surface area contributed by atoms with Gasteiger partial charge in [-0.15, -0.1) is 11.8 Å². The Kier molecular flexibility index (Phi) is 8.64. The zero-order valence-corrected chi connectivity index (χ0v) is 23.8. The fourth-order valence-electron chi connectivity index (χ4n) is 4.17. The molecule has 2 heterocycles. The molecule has 196 valence electrons. The fraction of sp³-hybridized carbons (Fsp3) is 0.536. The number of benzene rings is 2. The number of ether oxygens (including phenoxy) is 4. The minimum absolute atomic E-state index is 0.0254. The third kappa shape index (κ3) is 6.06. The van der Waals surface area contributed by atoms with Gasteiger partial charge in [0, 0.05) is 5.56 Å². The maximum atomic E-state index is 13.3. The fourth-order valence-corrected chi connectivity index (χ4v) is 6.51. The van der Waals surface area contributed by atoms with Crippen molar-refractivity contribution in [1.29, 1.82) is 0 Å². The molecule has 8 heteroatoms. The van der Waals surface area contributed by atoms with Crippen LogP contribution in [-0.4, -0.2) is 56.5 Å². The Morgan fingerprint density at radius 3 is 2.25 bits per heavy atom. The highest BCUT2D eigenvalue weighted by Gasteiger charge is 2.55. The molecule has 2 aliphatic rings. The Balaban J connectivity index is 1.69. The summed E-state index contributed by atoms with van der Waals surface area (Å²) >= 11 is 1.66. The molecule has 2 saturated heterocycles. The van der Waals surface area contributed by atoms with E-state index in [9.17, 15) is 4.79 Å². The summed E-state index contributed by atoms with van der Waals surface area (Å²) in [5, 5.41) is -0.0254. The van der Waals surface area contributed by atoms with E-state index in [-0.39, 0.29) is 16.6 Å². The van der Waals surface area contributed by atoms with E-state index in [0.29, 0.717) is 12.2 Å². The summed E-state index contributed by atoms with van der Waals surface area (Å²) in [7, 11) is -2.24. The van der Waals surface area contributed by atoms with Gasteiger partial charge in [0.1, 0.15) is 23.7 Å². The van der Waals surface area contributed by atoms with Gasteiger partial charge in [0.2, 0.25) is 0 Å². The van der Waals surface area contributed by atoms with E-state index in [0.717, 1.165) is 11.3 Å². The van der Waals surface area contributed by atoms with Crippen molar-refractivity contribution >= 4 is 26.0 Å². The molecule has 0 spiro atoms. The average molecular weight is 531 g/mol. The van der Waals surface area contributed by atoms with Crippen molar-refractivity contribution in [1.82, 2.24) is 0 Å². The molecule has 0 amide bonds. The SMILES string of the molecule is CCS[C@H]1O[C@@H]2CO[C@@H](c3ccccc3)O[C@H]2[C@H](OC(=O)c2ccccc2)[C@@H]1O[Si](C)(C)C(C)(C)C. The van der Waals surface area contributed by atoms with Gasteiger partial charge >= 0.3 is 5.97 Å². The van der Waals surface area contributed by atoms with Crippen LogP contribution in [0, 0.1) is 0 Å². The van der Waals surface area contributed by atoms with Crippen molar-refractivity contribution in [2.24, 2.45) is 0 Å². The van der Waals surface area contributed by atoms with Gasteiger partial charge in [-0.05, 0) is 36.0 Å². The van der Waals surface area contributed by atoms with Crippen LogP contribution in [0.25, 0.3) is 0 Å². The number of rotatable bonds is 7. The van der Waals surface area contributed by atoms with Crippen LogP contribution in [0.1, 0.15) is 49.9 Å². The zero-order valence-electron chi connectivity index (χ0n) is 22.0. The third-order valence-electron chi connectivity index (χ3n) is 7.18. The first kappa shape index (κ1) is 27.4. The lowest BCUT2D eigenvalue weighted by Gasteiger charge is -2.51. The van der Waals surface area contributed by atoms with Gasteiger partial charge in [0.05, 0.1) is 12.2 Å². The minimum atomic E-state index is -2.24. The number of fused-ring (bicyclic) bond motifs is 1. The lowest BCUT2D eigenvalue weighted by molar-refractivity contribution is -0.316. The monoisotopic (exact) mass is 530 g/mol. The summed E-state index contributed by atoms with van der Waals surface area (Å²) in [5.74, 6) is 0.448. The van der Waals surface area contributed by atoms with Crippen molar-refractivity contribution in [2.75, 3.05) is 12.4 Å². The summed E-state index contributed by atoms with van der Waals surface area (Å²) in [6, 6.07) is 18.9. The van der Waals surface area contributed by atoms with Crippen LogP contribution in [0.15, 0.2) is 60.7 Å². The van der Waals surface area contributed by atoms with Gasteiger partial charge in [0.25, 0.3) is 0 Å². The molecule has 2 aliphatic heterocycles. The number of esters is 1. The first-order valence-corrected chi connectivity index (χ1v) is 16.6. The van der Waals surface area contributed by atoms with Crippen LogP contribution >= 0.6 is 11.8 Å². The molecule has 6 atom stereocenters. The number of thioether (sulfide) groups is 1. The average Bonchev–Trinajstić information content (AvgIpc) is 2.86. The molecule has 6 nitrogen and oxygen atoms in total. The Hall–Kier alpha value is -1.68. The molecule has 2 aromatic carbocycles. The number of hydrogen-bond donors (Lipinski definition) is 0. The van der Waals surface area contributed by atoms with Gasteiger partial charge < -0.3 is 23.4 Å². The molecule has 0 unspecified atom stereocenters. The summed E-state index contributed by atoms with van der Waals surface area (Å²) in [5.41, 5.74) is 1.11. The van der Waals surface area contributed by atoms with Gasteiger partial charge in [-0.3, -0.25) is 0 Å². The van der Waals surface area contributed by atoms with Crippen molar-refractivity contribution in [3.8, 4) is 0 Å². The Labute approximate surface area is 220 Å². The van der Waals surface area contributed by atoms with E-state index in [1.54, 1.807) is 23.9 Å². The van der Waals surface area contributed by atoms with E-state index in [1.807, 2.05) is 48.5 Å². The Morgan fingerprint density at radius 1 is 1.00 bits per heavy atom. The summed E-state index contributed by atoms with van der Waals surface area (Å²) in [6.45, 7) is 13.5. The summed E-state index contributed by atoms with van der Waals surface area (Å²) < 4.78 is 32.3. The second-order valence-corrected chi connectivity index (χ2v) is 16.9. The van der Waals surface area contributed by atoms with Gasteiger partial charge in [0.15, 0.2) is 20.7 Å². The Morgan fingerprint density at radius 2 is 1.64 bits per heavy atom. The van der Waals surface area contributed by atoms with Crippen LogP contribution in [0.4, 0.5) is 0 Å². The standard InChI is InChI=1S/C28H38O6SSi/c1-7-35-27-24(34-36(5,6)28(2,3)4)23(32-25(29)19-14-10-8-11-15-19)22-21(31-27)18-30-26(33-22)20-16-12-9-13-17-20/h8-17,21-24,26-27H,7,18H2,1-6H3/t21-,22-,23+,24+,26-,27-/m1/s1. The van der Waals surface area contributed by atoms with Crippen molar-refractivity contribution in [2.45, 2.75) is 82.0 Å². The molecule has 2 aromatic rings. The summed E-state index contributed by atoms with van der Waals surface area (Å²) in [4.78, 5) is 13.3. The molecule has 0 aromatic heterocycles. The molecule has 0 N–H and O–H groups in total. The first-order valence-electron chi connectivity index (χ1n) is 12.6. The molecule has 0 saturated carbocycles. The van der Waals surface area contributed by atoms with E-state index >= 15 is 0 Å². The second-order valence-electron chi connectivity index (χ2n) is 10.8. The van der Waals surface area contributed by atoms with E-state index in [2.05, 4.69) is 40.8 Å². The molecule has 0 radical (unpaired) electrons.